The first-order chi connectivity index (χ1) is 18.0. The van der Waals surface area contributed by atoms with Gasteiger partial charge in [0.05, 0.1) is 17.6 Å². The maximum Gasteiger partial charge on any atom is 0.291 e. The normalized spacial score (nSPS) is 20.5. The molecule has 1 amide bonds. The van der Waals surface area contributed by atoms with Crippen LogP contribution in [0, 0.1) is 12.8 Å². The molecule has 37 heavy (non-hydrogen) atoms. The Morgan fingerprint density at radius 3 is 2.54 bits per heavy atom. The smallest absolute Gasteiger partial charge is 0.291 e. The molecule has 2 aliphatic rings. The molecule has 2 atom stereocenters. The van der Waals surface area contributed by atoms with Gasteiger partial charge in [-0.15, -0.1) is 0 Å². The fourth-order valence-electron chi connectivity index (χ4n) is 5.68. The maximum absolute atomic E-state index is 13.5. The molecule has 1 aliphatic carbocycles. The van der Waals surface area contributed by atoms with E-state index in [0.717, 1.165) is 74.5 Å². The average molecular weight is 500 g/mol. The van der Waals surface area contributed by atoms with Gasteiger partial charge in [0.1, 0.15) is 5.82 Å². The number of hydrogen-bond acceptors (Lipinski definition) is 5. The highest BCUT2D eigenvalue weighted by atomic mass is 16.2. The van der Waals surface area contributed by atoms with E-state index in [1.54, 1.807) is 0 Å². The highest BCUT2D eigenvalue weighted by molar-refractivity contribution is 5.96. The topological polar surface area (TPSA) is 123 Å². The van der Waals surface area contributed by atoms with Crippen molar-refractivity contribution in [3.63, 3.8) is 0 Å². The molecule has 0 bridgehead atoms. The van der Waals surface area contributed by atoms with Crippen molar-refractivity contribution < 1.29 is 4.79 Å². The lowest BCUT2D eigenvalue weighted by Gasteiger charge is -2.32. The number of nitrogens with zero attached hydrogens (tertiary/aromatic N) is 4. The molecule has 8 nitrogen and oxygen atoms in total. The molecular formula is C29H37N7O. The summed E-state index contributed by atoms with van der Waals surface area (Å²) in [4.78, 5) is 29.4. The van der Waals surface area contributed by atoms with Gasteiger partial charge < -0.3 is 21.7 Å². The van der Waals surface area contributed by atoms with Gasteiger partial charge in [-0.05, 0) is 62.6 Å². The van der Waals surface area contributed by atoms with E-state index in [4.69, 9.17) is 16.5 Å². The molecule has 0 spiro atoms. The molecule has 2 unspecified atom stereocenters. The molecular weight excluding hydrogens is 462 g/mol. The monoisotopic (exact) mass is 499 g/mol. The second kappa shape index (κ2) is 11.2. The van der Waals surface area contributed by atoms with E-state index in [1.165, 1.54) is 5.56 Å². The summed E-state index contributed by atoms with van der Waals surface area (Å²) in [6, 6.07) is 16.7. The van der Waals surface area contributed by atoms with Gasteiger partial charge in [0.2, 0.25) is 5.82 Å². The lowest BCUT2D eigenvalue weighted by molar-refractivity contribution is 0.0678. The van der Waals surface area contributed by atoms with Gasteiger partial charge in [-0.1, -0.05) is 54.8 Å². The summed E-state index contributed by atoms with van der Waals surface area (Å²) >= 11 is 0. The molecule has 1 saturated carbocycles. The number of aryl methyl sites for hydroxylation is 1. The standard InChI is InChI=1S/C29H37N7O/c1-19-11-12-23-22(17-19)26(33-24-9-5-6-10-25(24)34-29(30)31)35-27(32-23)28(37)36-15-13-21(14-16-36)18-20-7-3-2-4-8-20/h2-4,7-8,11-12,17,21,24-25H,5-6,9-10,13-16,18H2,1H3,(H4,30,31,34)(H,32,33,35). The molecule has 2 heterocycles. The van der Waals surface area contributed by atoms with E-state index < -0.39 is 0 Å². The molecule has 1 saturated heterocycles. The number of piperidine rings is 1. The quantitative estimate of drug-likeness (QED) is 0.348. The fraction of sp³-hybridized carbons (Fsp3) is 0.448. The number of benzene rings is 2. The summed E-state index contributed by atoms with van der Waals surface area (Å²) < 4.78 is 0. The average Bonchev–Trinajstić information content (AvgIpc) is 2.90. The zero-order chi connectivity index (χ0) is 25.8. The van der Waals surface area contributed by atoms with E-state index in [-0.39, 0.29) is 29.8 Å². The summed E-state index contributed by atoms with van der Waals surface area (Å²) in [5, 5.41) is 4.51. The third-order valence-corrected chi connectivity index (χ3v) is 7.68. The zero-order valence-electron chi connectivity index (χ0n) is 21.6. The minimum Gasteiger partial charge on any atom is -0.370 e. The minimum atomic E-state index is -0.104. The lowest BCUT2D eigenvalue weighted by Crippen LogP contribution is -2.40. The van der Waals surface area contributed by atoms with Crippen LogP contribution in [0.1, 0.15) is 60.3 Å². The van der Waals surface area contributed by atoms with Crippen LogP contribution < -0.4 is 16.8 Å². The van der Waals surface area contributed by atoms with Crippen LogP contribution in [-0.4, -0.2) is 51.9 Å². The highest BCUT2D eigenvalue weighted by Crippen LogP contribution is 2.29. The highest BCUT2D eigenvalue weighted by Gasteiger charge is 2.29. The van der Waals surface area contributed by atoms with Crippen LogP contribution >= 0.6 is 0 Å². The number of rotatable bonds is 6. The van der Waals surface area contributed by atoms with Crippen LogP contribution in [0.5, 0.6) is 0 Å². The van der Waals surface area contributed by atoms with Gasteiger partial charge in [0.25, 0.3) is 5.91 Å². The van der Waals surface area contributed by atoms with E-state index in [9.17, 15) is 4.79 Å². The summed E-state index contributed by atoms with van der Waals surface area (Å²) in [6.45, 7) is 3.50. The van der Waals surface area contributed by atoms with Crippen LogP contribution in [0.15, 0.2) is 53.5 Å². The molecule has 8 heteroatoms. The second-order valence-corrected chi connectivity index (χ2v) is 10.5. The van der Waals surface area contributed by atoms with E-state index in [2.05, 4.69) is 45.6 Å². The Bertz CT molecular complexity index is 1260. The second-order valence-electron chi connectivity index (χ2n) is 10.5. The van der Waals surface area contributed by atoms with Gasteiger partial charge in [0, 0.05) is 18.5 Å². The molecule has 1 aliphatic heterocycles. The molecule has 194 valence electrons. The third-order valence-electron chi connectivity index (χ3n) is 7.68. The van der Waals surface area contributed by atoms with Gasteiger partial charge in [-0.25, -0.2) is 15.0 Å². The molecule has 5 N–H and O–H groups in total. The maximum atomic E-state index is 13.5. The number of aromatic nitrogens is 2. The molecule has 3 aromatic rings. The zero-order valence-corrected chi connectivity index (χ0v) is 21.6. The number of aliphatic imine (C=N–C) groups is 1. The number of hydrogen-bond donors (Lipinski definition) is 3. The van der Waals surface area contributed by atoms with E-state index in [0.29, 0.717) is 11.7 Å². The van der Waals surface area contributed by atoms with Crippen molar-refractivity contribution in [3.8, 4) is 0 Å². The Hall–Kier alpha value is -3.68. The number of anilines is 1. The number of carbonyl (C=O) groups excluding carboxylic acids is 1. The molecule has 2 aromatic carbocycles. The minimum absolute atomic E-state index is 0.0173. The Morgan fingerprint density at radius 1 is 1.03 bits per heavy atom. The number of fused-ring (bicyclic) bond motifs is 1. The molecule has 2 fully saturated rings. The summed E-state index contributed by atoms with van der Waals surface area (Å²) in [6.07, 6.45) is 7.08. The van der Waals surface area contributed by atoms with Crippen LogP contribution in [-0.2, 0) is 6.42 Å². The Kier molecular flexibility index (Phi) is 7.53. The Labute approximate surface area is 218 Å². The van der Waals surface area contributed by atoms with Crippen LogP contribution in [0.25, 0.3) is 10.9 Å². The number of guanidine groups is 1. The van der Waals surface area contributed by atoms with Gasteiger partial charge in [-0.3, -0.25) is 4.79 Å². The Morgan fingerprint density at radius 2 is 1.78 bits per heavy atom. The van der Waals surface area contributed by atoms with Crippen molar-refractivity contribution in [1.29, 1.82) is 0 Å². The summed E-state index contributed by atoms with van der Waals surface area (Å²) in [7, 11) is 0. The van der Waals surface area contributed by atoms with Gasteiger partial charge in [0.15, 0.2) is 5.96 Å². The van der Waals surface area contributed by atoms with Crippen molar-refractivity contribution in [3.05, 3.63) is 65.5 Å². The number of likely N-dealkylation sites (tertiary alicyclic amines) is 1. The van der Waals surface area contributed by atoms with Crippen LogP contribution in [0.2, 0.25) is 0 Å². The summed E-state index contributed by atoms with van der Waals surface area (Å²) in [5.74, 6) is 1.51. The van der Waals surface area contributed by atoms with Crippen LogP contribution in [0.3, 0.4) is 0 Å². The number of carbonyl (C=O) groups is 1. The first-order valence-corrected chi connectivity index (χ1v) is 13.4. The summed E-state index contributed by atoms with van der Waals surface area (Å²) in [5.41, 5.74) is 14.7. The first kappa shape index (κ1) is 25.0. The molecule has 5 rings (SSSR count). The number of nitrogens with two attached hydrogens (primary N) is 2. The SMILES string of the molecule is Cc1ccc2nc(C(=O)N3CCC(Cc4ccccc4)CC3)nc(NC3CCCCC3N=C(N)N)c2c1. The van der Waals surface area contributed by atoms with Crippen molar-refractivity contribution in [2.75, 3.05) is 18.4 Å². The van der Waals surface area contributed by atoms with Gasteiger partial charge in [-0.2, -0.15) is 0 Å². The predicted molar refractivity (Wildman–Crippen MR) is 149 cm³/mol. The van der Waals surface area contributed by atoms with Crippen molar-refractivity contribution >= 4 is 28.6 Å². The number of nitrogens with one attached hydrogen (secondary N) is 1. The van der Waals surface area contributed by atoms with E-state index in [1.807, 2.05) is 30.0 Å². The van der Waals surface area contributed by atoms with Crippen molar-refractivity contribution in [1.82, 2.24) is 14.9 Å². The molecule has 0 radical (unpaired) electrons. The third kappa shape index (κ3) is 6.01. The number of amides is 1. The van der Waals surface area contributed by atoms with Crippen molar-refractivity contribution in [2.45, 2.75) is 64.0 Å². The van der Waals surface area contributed by atoms with E-state index >= 15 is 0 Å². The fourth-order valence-corrected chi connectivity index (χ4v) is 5.68. The van der Waals surface area contributed by atoms with Crippen molar-refractivity contribution in [2.24, 2.45) is 22.4 Å². The lowest BCUT2D eigenvalue weighted by atomic mass is 9.90. The first-order valence-electron chi connectivity index (χ1n) is 13.4. The molecule has 1 aromatic heterocycles. The predicted octanol–water partition coefficient (Wildman–Crippen LogP) is 4.03. The largest absolute Gasteiger partial charge is 0.370 e. The Balaban J connectivity index is 1.35. The van der Waals surface area contributed by atoms with Crippen LogP contribution in [0.4, 0.5) is 5.82 Å². The van der Waals surface area contributed by atoms with Gasteiger partial charge >= 0.3 is 0 Å².